The topological polar surface area (TPSA) is 102 Å². The Morgan fingerprint density at radius 1 is 0.500 bits per heavy atom. The molecule has 0 radical (unpaired) electrons. The predicted octanol–water partition coefficient (Wildman–Crippen LogP) is 9.26. The van der Waals surface area contributed by atoms with Crippen molar-refractivity contribution in [1.29, 1.82) is 0 Å². The van der Waals surface area contributed by atoms with E-state index in [1.54, 1.807) is 26.4 Å². The molecule has 0 spiro atoms. The Morgan fingerprint density at radius 3 is 1.24 bits per heavy atom. The van der Waals surface area contributed by atoms with E-state index >= 15 is 0 Å². The molecule has 7 aromatic rings. The van der Waals surface area contributed by atoms with Crippen molar-refractivity contribution < 1.29 is 19.1 Å². The Labute approximate surface area is 289 Å². The maximum Gasteiger partial charge on any atom is 0.256 e. The molecule has 8 nitrogen and oxygen atoms in total. The number of rotatable bonds is 8. The summed E-state index contributed by atoms with van der Waals surface area (Å²) in [6.07, 6.45) is 0. The molecule has 50 heavy (non-hydrogen) atoms. The second kappa shape index (κ2) is 13.5. The van der Waals surface area contributed by atoms with Crippen molar-refractivity contribution in [3.63, 3.8) is 0 Å². The minimum atomic E-state index is -0.315. The van der Waals surface area contributed by atoms with Gasteiger partial charge in [0.05, 0.1) is 59.1 Å². The monoisotopic (exact) mass is 658 g/mol. The smallest absolute Gasteiger partial charge is 0.256 e. The van der Waals surface area contributed by atoms with Gasteiger partial charge in [-0.15, -0.1) is 0 Å². The number of nitrogens with one attached hydrogen (secondary N) is 2. The zero-order valence-corrected chi connectivity index (χ0v) is 28.1. The maximum absolute atomic E-state index is 14.2. The molecular weight excluding hydrogens is 624 g/mol. The number of hydrogen-bond acceptors (Lipinski definition) is 6. The van der Waals surface area contributed by atoms with Crippen molar-refractivity contribution in [3.8, 4) is 34.0 Å². The lowest BCUT2D eigenvalue weighted by molar-refractivity contribution is 0.101. The Bertz CT molecular complexity index is 2230. The third-order valence-corrected chi connectivity index (χ3v) is 8.88. The number of hydrogen-bond donors (Lipinski definition) is 2. The van der Waals surface area contributed by atoms with Gasteiger partial charge >= 0.3 is 0 Å². The van der Waals surface area contributed by atoms with Crippen molar-refractivity contribution in [3.05, 3.63) is 144 Å². The summed E-state index contributed by atoms with van der Waals surface area (Å²) in [5, 5.41) is 7.63. The highest BCUT2D eigenvalue weighted by molar-refractivity contribution is 6.18. The molecule has 0 aliphatic rings. The highest BCUT2D eigenvalue weighted by atomic mass is 16.5. The van der Waals surface area contributed by atoms with Gasteiger partial charge < -0.3 is 20.1 Å². The average molecular weight is 659 g/mol. The van der Waals surface area contributed by atoms with E-state index in [9.17, 15) is 9.59 Å². The van der Waals surface area contributed by atoms with Crippen LogP contribution in [0.4, 0.5) is 11.4 Å². The molecule has 0 fully saturated rings. The lowest BCUT2D eigenvalue weighted by atomic mass is 9.96. The summed E-state index contributed by atoms with van der Waals surface area (Å²) in [6.45, 7) is 3.80. The van der Waals surface area contributed by atoms with Gasteiger partial charge in [-0.25, -0.2) is 9.97 Å². The van der Waals surface area contributed by atoms with Gasteiger partial charge in [0.25, 0.3) is 11.8 Å². The van der Waals surface area contributed by atoms with E-state index in [2.05, 4.69) is 10.6 Å². The largest absolute Gasteiger partial charge is 0.497 e. The second-order valence-corrected chi connectivity index (χ2v) is 11.9. The number of benzene rings is 5. The van der Waals surface area contributed by atoms with Crippen LogP contribution in [0.3, 0.4) is 0 Å². The predicted molar refractivity (Wildman–Crippen MR) is 199 cm³/mol. The molecule has 2 aromatic heterocycles. The fraction of sp³-hybridized carbons (Fsp3) is 0.0952. The van der Waals surface area contributed by atoms with E-state index in [1.807, 2.05) is 123 Å². The fourth-order valence-corrected chi connectivity index (χ4v) is 6.33. The van der Waals surface area contributed by atoms with E-state index in [1.165, 1.54) is 0 Å². The van der Waals surface area contributed by atoms with Gasteiger partial charge in [-0.2, -0.15) is 0 Å². The average Bonchev–Trinajstić information content (AvgIpc) is 3.15. The summed E-state index contributed by atoms with van der Waals surface area (Å²) in [5.74, 6) is 0.834. The summed E-state index contributed by atoms with van der Waals surface area (Å²) in [5.41, 5.74) is 7.92. The number of ether oxygens (including phenoxy) is 2. The van der Waals surface area contributed by atoms with Crippen LogP contribution in [-0.2, 0) is 0 Å². The van der Waals surface area contributed by atoms with Gasteiger partial charge in [0, 0.05) is 21.9 Å². The first kappa shape index (κ1) is 32.0. The highest BCUT2D eigenvalue weighted by Gasteiger charge is 2.23. The Kier molecular flexibility index (Phi) is 8.66. The van der Waals surface area contributed by atoms with E-state index in [4.69, 9.17) is 19.4 Å². The lowest BCUT2D eigenvalue weighted by Crippen LogP contribution is -2.19. The number of fused-ring (bicyclic) bond motifs is 2. The van der Waals surface area contributed by atoms with Crippen LogP contribution >= 0.6 is 0 Å². The Balaban J connectivity index is 1.25. The first-order valence-corrected chi connectivity index (χ1v) is 16.2. The molecule has 2 heterocycles. The molecule has 0 saturated carbocycles. The van der Waals surface area contributed by atoms with E-state index < -0.39 is 0 Å². The van der Waals surface area contributed by atoms with Crippen LogP contribution in [-0.4, -0.2) is 36.0 Å². The molecule has 246 valence electrons. The van der Waals surface area contributed by atoms with Crippen LogP contribution in [0.2, 0.25) is 0 Å². The number of pyridine rings is 2. The van der Waals surface area contributed by atoms with Gasteiger partial charge in [-0.1, -0.05) is 48.5 Å². The van der Waals surface area contributed by atoms with Gasteiger partial charge in [0.15, 0.2) is 0 Å². The summed E-state index contributed by atoms with van der Waals surface area (Å²) in [6, 6.07) is 37.6. The van der Waals surface area contributed by atoms with E-state index in [0.717, 1.165) is 44.5 Å². The van der Waals surface area contributed by atoms with Gasteiger partial charge in [0.1, 0.15) is 11.5 Å². The van der Waals surface area contributed by atoms with Crippen LogP contribution in [0.1, 0.15) is 31.8 Å². The number of carbonyl (C=O) groups excluding carboxylic acids is 2. The van der Waals surface area contributed by atoms with Gasteiger partial charge in [0.2, 0.25) is 0 Å². The first-order valence-electron chi connectivity index (χ1n) is 16.2. The van der Waals surface area contributed by atoms with Crippen molar-refractivity contribution >= 4 is 45.0 Å². The zero-order valence-electron chi connectivity index (χ0n) is 28.1. The summed E-state index contributed by atoms with van der Waals surface area (Å²) < 4.78 is 10.7. The minimum Gasteiger partial charge on any atom is -0.497 e. The standard InChI is InChI=1S/C42H34N4O4/c1-25-37(31-11-5-7-13-33(31)43-39(25)27-17-21-29(49-3)22-18-27)41(47)45-35-15-9-10-16-36(35)46-42(48)38-26(2)40(28-19-23-30(50-4)24-20-28)44-34-14-8-6-12-32(34)38/h5-24H,1-4H3,(H,45,47)(H,46,48). The van der Waals surface area contributed by atoms with E-state index in [0.29, 0.717) is 44.9 Å². The van der Waals surface area contributed by atoms with Gasteiger partial charge in [-0.3, -0.25) is 9.59 Å². The van der Waals surface area contributed by atoms with Crippen LogP contribution in [0.15, 0.2) is 121 Å². The Morgan fingerprint density at radius 2 is 0.860 bits per heavy atom. The number of carbonyl (C=O) groups is 2. The molecule has 5 aromatic carbocycles. The van der Waals surface area contributed by atoms with E-state index in [-0.39, 0.29) is 11.8 Å². The number of para-hydroxylation sites is 4. The minimum absolute atomic E-state index is 0.315. The Hall–Kier alpha value is -6.54. The molecule has 0 bridgehead atoms. The molecule has 7 rings (SSSR count). The quantitative estimate of drug-likeness (QED) is 0.169. The molecule has 0 saturated heterocycles. The van der Waals surface area contributed by atoms with Crippen LogP contribution in [0.25, 0.3) is 44.3 Å². The third kappa shape index (κ3) is 5.99. The summed E-state index contributed by atoms with van der Waals surface area (Å²) in [4.78, 5) is 38.3. The molecule has 0 aliphatic carbocycles. The maximum atomic E-state index is 14.2. The highest BCUT2D eigenvalue weighted by Crippen LogP contribution is 2.34. The molecular formula is C42H34N4O4. The molecule has 2 amide bonds. The van der Waals surface area contributed by atoms with Crippen molar-refractivity contribution in [1.82, 2.24) is 9.97 Å². The number of nitrogens with zero attached hydrogens (tertiary/aromatic N) is 2. The van der Waals surface area contributed by atoms with Crippen molar-refractivity contribution in [2.24, 2.45) is 0 Å². The number of aromatic nitrogens is 2. The molecule has 0 unspecified atom stereocenters. The van der Waals surface area contributed by atoms with Crippen LogP contribution < -0.4 is 20.1 Å². The van der Waals surface area contributed by atoms with Crippen molar-refractivity contribution in [2.75, 3.05) is 24.9 Å². The number of anilines is 2. The summed E-state index contributed by atoms with van der Waals surface area (Å²) in [7, 11) is 3.24. The molecule has 0 atom stereocenters. The molecule has 0 aliphatic heterocycles. The first-order chi connectivity index (χ1) is 24.4. The van der Waals surface area contributed by atoms with Crippen LogP contribution in [0, 0.1) is 13.8 Å². The zero-order chi connectivity index (χ0) is 34.8. The van der Waals surface area contributed by atoms with Crippen molar-refractivity contribution in [2.45, 2.75) is 13.8 Å². The van der Waals surface area contributed by atoms with Crippen LogP contribution in [0.5, 0.6) is 11.5 Å². The van der Waals surface area contributed by atoms with Gasteiger partial charge in [-0.05, 0) is 97.8 Å². The normalized spacial score (nSPS) is 11.0. The third-order valence-electron chi connectivity index (χ3n) is 8.88. The fourth-order valence-electron chi connectivity index (χ4n) is 6.33. The summed E-state index contributed by atoms with van der Waals surface area (Å²) >= 11 is 0. The molecule has 8 heteroatoms. The lowest BCUT2D eigenvalue weighted by Gasteiger charge is -2.18. The molecule has 2 N–H and O–H groups in total. The number of methoxy groups -OCH3 is 2. The second-order valence-electron chi connectivity index (χ2n) is 11.9. The number of amides is 2. The SMILES string of the molecule is COc1ccc(-c2nc3ccccc3c(C(=O)Nc3ccccc3NC(=O)c3c(C)c(-c4ccc(OC)cc4)nc4ccccc34)c2C)cc1.